The standard InChI is InChI=1S/C30H30NO.C15H28O2.Ir/c1-18(2)15-26-19(3)27-28(31-25-14-10-9-13-23(25)29(27)32-26)21-16-20-11-7-8-12-22(20)24(17-21)30(4,5)6;1-7-14(5,8-2)12(16)11-13(17)15(6,9-3)10-4;/h7-14,17-18H,15H2,1-6H3;11,16H,7-10H2,1-6H3;/q-1;;/b;12-11-;. The Hall–Kier alpha value is -3.27. The van der Waals surface area contributed by atoms with Gasteiger partial charge in [-0.15, -0.1) is 29.1 Å². The molecular weight excluding hydrogens is 795 g/mol. The van der Waals surface area contributed by atoms with Crippen LogP contribution in [-0.2, 0) is 36.7 Å². The number of ketones is 1. The zero-order valence-electron chi connectivity index (χ0n) is 32.4. The Balaban J connectivity index is 0.000000323. The van der Waals surface area contributed by atoms with Crippen molar-refractivity contribution in [3.8, 4) is 11.3 Å². The third-order valence-corrected chi connectivity index (χ3v) is 10.9. The van der Waals surface area contributed by atoms with Gasteiger partial charge < -0.3 is 9.52 Å². The molecule has 5 rings (SSSR count). The number of para-hydroxylation sites is 1. The first-order valence-electron chi connectivity index (χ1n) is 18.3. The molecule has 1 N–H and O–H groups in total. The fourth-order valence-corrected chi connectivity index (χ4v) is 6.40. The van der Waals surface area contributed by atoms with Crippen LogP contribution in [0.4, 0.5) is 0 Å². The van der Waals surface area contributed by atoms with Crippen molar-refractivity contribution in [2.45, 2.75) is 121 Å². The van der Waals surface area contributed by atoms with Gasteiger partial charge in [-0.25, -0.2) is 0 Å². The zero-order valence-corrected chi connectivity index (χ0v) is 34.8. The summed E-state index contributed by atoms with van der Waals surface area (Å²) >= 11 is 0. The molecule has 271 valence electrons. The summed E-state index contributed by atoms with van der Waals surface area (Å²) in [4.78, 5) is 17.3. The molecule has 0 aliphatic rings. The molecule has 0 unspecified atom stereocenters. The molecule has 2 aromatic heterocycles. The van der Waals surface area contributed by atoms with Gasteiger partial charge in [0, 0.05) is 59.9 Å². The number of aliphatic hydroxyl groups excluding tert-OH is 1. The van der Waals surface area contributed by atoms with E-state index in [-0.39, 0.29) is 47.9 Å². The number of allylic oxidation sites excluding steroid dienone is 2. The normalized spacial score (nSPS) is 12.7. The molecule has 5 heteroatoms. The van der Waals surface area contributed by atoms with Crippen molar-refractivity contribution in [1.29, 1.82) is 0 Å². The smallest absolute Gasteiger partial charge is 0.164 e. The molecule has 3 aromatic carbocycles. The quantitative estimate of drug-likeness (QED) is 0.0864. The molecular formula is C45H58IrNO3-. The van der Waals surface area contributed by atoms with Crippen molar-refractivity contribution in [3.05, 3.63) is 89.4 Å². The maximum Gasteiger partial charge on any atom is 0.164 e. The average molecular weight is 853 g/mol. The van der Waals surface area contributed by atoms with Crippen LogP contribution >= 0.6 is 0 Å². The minimum Gasteiger partial charge on any atom is -0.512 e. The van der Waals surface area contributed by atoms with E-state index in [2.05, 4.69) is 96.1 Å². The number of aryl methyl sites for hydroxylation is 1. The number of carbonyl (C=O) groups is 1. The van der Waals surface area contributed by atoms with E-state index < -0.39 is 0 Å². The molecule has 0 atom stereocenters. The third-order valence-electron chi connectivity index (χ3n) is 10.9. The van der Waals surface area contributed by atoms with Crippen molar-refractivity contribution in [3.63, 3.8) is 0 Å². The first-order valence-corrected chi connectivity index (χ1v) is 18.3. The van der Waals surface area contributed by atoms with Gasteiger partial charge in [0.2, 0.25) is 0 Å². The largest absolute Gasteiger partial charge is 0.512 e. The Labute approximate surface area is 314 Å². The molecule has 5 aromatic rings. The monoisotopic (exact) mass is 853 g/mol. The van der Waals surface area contributed by atoms with Crippen LogP contribution in [0.25, 0.3) is 43.9 Å². The Morgan fingerprint density at radius 1 is 0.880 bits per heavy atom. The molecule has 0 spiro atoms. The second-order valence-electron chi connectivity index (χ2n) is 15.8. The number of carbonyl (C=O) groups excluding carboxylic acids is 1. The number of hydrogen-bond acceptors (Lipinski definition) is 4. The van der Waals surface area contributed by atoms with E-state index in [4.69, 9.17) is 9.40 Å². The number of benzene rings is 3. The van der Waals surface area contributed by atoms with Crippen molar-refractivity contribution in [1.82, 2.24) is 4.98 Å². The van der Waals surface area contributed by atoms with Crippen molar-refractivity contribution in [2.24, 2.45) is 16.7 Å². The Kier molecular flexibility index (Phi) is 13.5. The fraction of sp³-hybridized carbons (Fsp3) is 0.467. The Bertz CT molecular complexity index is 1970. The number of aromatic nitrogens is 1. The Morgan fingerprint density at radius 2 is 1.44 bits per heavy atom. The molecule has 0 amide bonds. The maximum absolute atomic E-state index is 12.2. The zero-order chi connectivity index (χ0) is 36.3. The van der Waals surface area contributed by atoms with E-state index in [0.717, 1.165) is 76.4 Å². The number of hydrogen-bond donors (Lipinski definition) is 1. The molecule has 50 heavy (non-hydrogen) atoms. The third kappa shape index (κ3) is 8.43. The van der Waals surface area contributed by atoms with Gasteiger partial charge in [-0.05, 0) is 61.6 Å². The summed E-state index contributed by atoms with van der Waals surface area (Å²) in [6.07, 6.45) is 5.67. The van der Waals surface area contributed by atoms with Gasteiger partial charge >= 0.3 is 0 Å². The van der Waals surface area contributed by atoms with Gasteiger partial charge in [0.05, 0.1) is 5.52 Å². The summed E-state index contributed by atoms with van der Waals surface area (Å²) in [5.74, 6) is 1.87. The van der Waals surface area contributed by atoms with Crippen LogP contribution in [0.2, 0.25) is 0 Å². The molecule has 0 fully saturated rings. The molecule has 0 aliphatic heterocycles. The maximum atomic E-state index is 12.2. The van der Waals surface area contributed by atoms with Gasteiger partial charge in [0.1, 0.15) is 17.1 Å². The van der Waals surface area contributed by atoms with Crippen LogP contribution in [0.15, 0.2) is 70.8 Å². The fourth-order valence-electron chi connectivity index (χ4n) is 6.40. The summed E-state index contributed by atoms with van der Waals surface area (Å²) in [6, 6.07) is 22.8. The van der Waals surface area contributed by atoms with Crippen molar-refractivity contribution < 1.29 is 34.4 Å². The van der Waals surface area contributed by atoms with E-state index in [0.29, 0.717) is 5.92 Å². The summed E-state index contributed by atoms with van der Waals surface area (Å²) in [6.45, 7) is 25.5. The number of nitrogens with zero attached hydrogens (tertiary/aromatic N) is 1. The van der Waals surface area contributed by atoms with Crippen molar-refractivity contribution >= 4 is 38.4 Å². The summed E-state index contributed by atoms with van der Waals surface area (Å²) in [5.41, 5.74) is 5.81. The van der Waals surface area contributed by atoms with Crippen LogP contribution in [0.5, 0.6) is 0 Å². The second kappa shape index (κ2) is 16.4. The molecule has 0 saturated heterocycles. The van der Waals surface area contributed by atoms with E-state index in [9.17, 15) is 9.90 Å². The minimum atomic E-state index is -0.337. The SMILES string of the molecule is CCC(C)(CC)C(=O)/C=C(\O)C(C)(CC)CC.Cc1c(CC(C)C)oc2c1c(-c1[c-]c3ccccc3c(C(C)(C)C)c1)nc1ccccc12.[Ir]. The van der Waals surface area contributed by atoms with Crippen LogP contribution in [0.3, 0.4) is 0 Å². The first-order chi connectivity index (χ1) is 23.0. The molecule has 0 bridgehead atoms. The molecule has 1 radical (unpaired) electrons. The van der Waals surface area contributed by atoms with Gasteiger partial charge in [0.25, 0.3) is 0 Å². The molecule has 0 aliphatic carbocycles. The van der Waals surface area contributed by atoms with Gasteiger partial charge in [-0.2, -0.15) is 0 Å². The van der Waals surface area contributed by atoms with Crippen LogP contribution in [-0.4, -0.2) is 15.9 Å². The topological polar surface area (TPSA) is 63.3 Å². The number of furan rings is 1. The van der Waals surface area contributed by atoms with Gasteiger partial charge in [-0.3, -0.25) is 9.78 Å². The predicted octanol–water partition coefficient (Wildman–Crippen LogP) is 13.1. The average Bonchev–Trinajstić information content (AvgIpc) is 3.41. The molecule has 4 nitrogen and oxygen atoms in total. The Morgan fingerprint density at radius 3 is 2.00 bits per heavy atom. The van der Waals surface area contributed by atoms with E-state index in [1.807, 2.05) is 47.6 Å². The number of pyridine rings is 1. The predicted molar refractivity (Wildman–Crippen MR) is 208 cm³/mol. The van der Waals surface area contributed by atoms with Crippen molar-refractivity contribution in [2.75, 3.05) is 0 Å². The molecule has 0 saturated carbocycles. The second-order valence-corrected chi connectivity index (χ2v) is 15.8. The summed E-state index contributed by atoms with van der Waals surface area (Å²) in [5, 5.41) is 14.7. The minimum absolute atomic E-state index is 0. The van der Waals surface area contributed by atoms with Gasteiger partial charge in [0.15, 0.2) is 5.78 Å². The van der Waals surface area contributed by atoms with Gasteiger partial charge in [-0.1, -0.05) is 117 Å². The van der Waals surface area contributed by atoms with E-state index >= 15 is 0 Å². The number of fused-ring (bicyclic) bond motifs is 4. The summed E-state index contributed by atoms with van der Waals surface area (Å²) in [7, 11) is 0. The van der Waals surface area contributed by atoms with E-state index in [1.54, 1.807) is 0 Å². The van der Waals surface area contributed by atoms with Crippen LogP contribution in [0.1, 0.15) is 119 Å². The van der Waals surface area contributed by atoms with E-state index in [1.165, 1.54) is 22.6 Å². The first kappa shape index (κ1) is 41.2. The number of aliphatic hydroxyl groups is 1. The van der Waals surface area contributed by atoms with Crippen LogP contribution < -0.4 is 0 Å². The number of rotatable bonds is 10. The molecule has 2 heterocycles. The summed E-state index contributed by atoms with van der Waals surface area (Å²) < 4.78 is 6.52. The van der Waals surface area contributed by atoms with Crippen LogP contribution in [0, 0.1) is 29.7 Å².